The summed E-state index contributed by atoms with van der Waals surface area (Å²) in [7, 11) is 3.11. The maximum absolute atomic E-state index is 12.2. The number of nitrogens with zero attached hydrogens (tertiary/aromatic N) is 2. The van der Waals surface area contributed by atoms with Crippen LogP contribution >= 0.6 is 0 Å². The maximum atomic E-state index is 12.2. The third-order valence-corrected chi connectivity index (χ3v) is 3.59. The van der Waals surface area contributed by atoms with Crippen molar-refractivity contribution in [3.8, 4) is 11.8 Å². The highest BCUT2D eigenvalue weighted by molar-refractivity contribution is 5.98. The number of nitrogens with one attached hydrogen (secondary N) is 1. The van der Waals surface area contributed by atoms with Crippen LogP contribution in [0.2, 0.25) is 0 Å². The number of hydrogen-bond acceptors (Lipinski definition) is 4. The van der Waals surface area contributed by atoms with Crippen LogP contribution in [0.4, 0.5) is 5.69 Å². The van der Waals surface area contributed by atoms with Crippen molar-refractivity contribution in [1.29, 1.82) is 5.26 Å². The fraction of sp³-hybridized carbons (Fsp3) is 0.150. The van der Waals surface area contributed by atoms with E-state index in [9.17, 15) is 9.59 Å². The normalized spacial score (nSPS) is 10.2. The molecule has 0 spiro atoms. The zero-order valence-electron chi connectivity index (χ0n) is 14.6. The third-order valence-electron chi connectivity index (χ3n) is 3.59. The van der Waals surface area contributed by atoms with E-state index in [2.05, 4.69) is 5.32 Å². The van der Waals surface area contributed by atoms with E-state index in [4.69, 9.17) is 10.00 Å². The van der Waals surface area contributed by atoms with Gasteiger partial charge in [0.2, 0.25) is 11.8 Å². The van der Waals surface area contributed by atoms with Gasteiger partial charge in [0, 0.05) is 13.1 Å². The number of anilines is 1. The van der Waals surface area contributed by atoms with Crippen LogP contribution in [0, 0.1) is 11.3 Å². The van der Waals surface area contributed by atoms with Gasteiger partial charge in [-0.05, 0) is 35.9 Å². The molecular formula is C20H19N3O3. The minimum atomic E-state index is -0.377. The van der Waals surface area contributed by atoms with Gasteiger partial charge in [-0.15, -0.1) is 0 Å². The van der Waals surface area contributed by atoms with Crippen LogP contribution in [0.1, 0.15) is 11.1 Å². The first kappa shape index (κ1) is 18.7. The molecule has 0 aliphatic rings. The number of benzene rings is 2. The second-order valence-corrected chi connectivity index (χ2v) is 5.51. The Morgan fingerprint density at radius 3 is 2.73 bits per heavy atom. The highest BCUT2D eigenvalue weighted by Gasteiger charge is 2.12. The third kappa shape index (κ3) is 5.21. The molecule has 132 valence electrons. The Labute approximate surface area is 152 Å². The van der Waals surface area contributed by atoms with E-state index in [-0.39, 0.29) is 18.4 Å². The van der Waals surface area contributed by atoms with Gasteiger partial charge in [0.1, 0.15) is 11.8 Å². The molecule has 0 saturated heterocycles. The minimum absolute atomic E-state index is 0.124. The van der Waals surface area contributed by atoms with Crippen LogP contribution in [0.15, 0.2) is 54.6 Å². The number of para-hydroxylation sites is 1. The molecule has 6 nitrogen and oxygen atoms in total. The van der Waals surface area contributed by atoms with Gasteiger partial charge in [-0.1, -0.05) is 24.3 Å². The smallest absolute Gasteiger partial charge is 0.246 e. The van der Waals surface area contributed by atoms with E-state index in [0.717, 1.165) is 5.56 Å². The number of rotatable bonds is 6. The van der Waals surface area contributed by atoms with Gasteiger partial charge in [-0.3, -0.25) is 9.59 Å². The molecule has 0 atom stereocenters. The Morgan fingerprint density at radius 2 is 2.00 bits per heavy atom. The summed E-state index contributed by atoms with van der Waals surface area (Å²) in [6, 6.07) is 16.0. The second-order valence-electron chi connectivity index (χ2n) is 5.51. The van der Waals surface area contributed by atoms with Crippen LogP contribution in [0.25, 0.3) is 6.08 Å². The first-order valence-corrected chi connectivity index (χ1v) is 7.89. The highest BCUT2D eigenvalue weighted by atomic mass is 16.5. The van der Waals surface area contributed by atoms with Gasteiger partial charge in [-0.2, -0.15) is 5.26 Å². The molecule has 0 heterocycles. The van der Waals surface area contributed by atoms with Crippen molar-refractivity contribution < 1.29 is 14.3 Å². The summed E-state index contributed by atoms with van der Waals surface area (Å²) in [6.45, 7) is -0.124. The van der Waals surface area contributed by atoms with Crippen molar-refractivity contribution in [1.82, 2.24) is 4.90 Å². The molecular weight excluding hydrogens is 330 g/mol. The monoisotopic (exact) mass is 349 g/mol. The summed E-state index contributed by atoms with van der Waals surface area (Å²) in [4.78, 5) is 25.5. The first-order valence-electron chi connectivity index (χ1n) is 7.89. The number of likely N-dealkylation sites (N-methyl/N-ethyl adjacent to an activating group) is 1. The largest absolute Gasteiger partial charge is 0.497 e. The van der Waals surface area contributed by atoms with Crippen LogP contribution < -0.4 is 10.1 Å². The molecule has 0 fully saturated rings. The van der Waals surface area contributed by atoms with Crippen molar-refractivity contribution in [2.75, 3.05) is 26.0 Å². The molecule has 2 amide bonds. The van der Waals surface area contributed by atoms with Crippen molar-refractivity contribution >= 4 is 23.6 Å². The predicted molar refractivity (Wildman–Crippen MR) is 99.5 cm³/mol. The van der Waals surface area contributed by atoms with Crippen LogP contribution in [0.3, 0.4) is 0 Å². The molecule has 0 bridgehead atoms. The lowest BCUT2D eigenvalue weighted by molar-refractivity contribution is -0.129. The number of ether oxygens (including phenoxy) is 1. The quantitative estimate of drug-likeness (QED) is 0.813. The fourth-order valence-corrected chi connectivity index (χ4v) is 2.21. The van der Waals surface area contributed by atoms with Crippen molar-refractivity contribution in [3.63, 3.8) is 0 Å². The molecule has 0 unspecified atom stereocenters. The van der Waals surface area contributed by atoms with Crippen LogP contribution in [-0.4, -0.2) is 37.4 Å². The summed E-state index contributed by atoms with van der Waals surface area (Å²) in [5.41, 5.74) is 1.61. The molecule has 2 aromatic rings. The Hall–Kier alpha value is -3.59. The summed E-state index contributed by atoms with van der Waals surface area (Å²) in [5, 5.41) is 11.7. The zero-order valence-corrected chi connectivity index (χ0v) is 14.6. The lowest BCUT2D eigenvalue weighted by Crippen LogP contribution is -2.34. The summed E-state index contributed by atoms with van der Waals surface area (Å²) >= 11 is 0. The van der Waals surface area contributed by atoms with Gasteiger partial charge in [-0.25, -0.2) is 0 Å². The lowest BCUT2D eigenvalue weighted by atomic mass is 10.2. The number of amides is 2. The number of methoxy groups -OCH3 is 1. The Bertz CT molecular complexity index is 869. The number of hydrogen-bond donors (Lipinski definition) is 1. The zero-order chi connectivity index (χ0) is 18.9. The first-order chi connectivity index (χ1) is 12.5. The minimum Gasteiger partial charge on any atom is -0.497 e. The van der Waals surface area contributed by atoms with Gasteiger partial charge in [0.15, 0.2) is 0 Å². The molecule has 26 heavy (non-hydrogen) atoms. The van der Waals surface area contributed by atoms with E-state index in [0.29, 0.717) is 17.0 Å². The van der Waals surface area contributed by atoms with Gasteiger partial charge in [0.05, 0.1) is 24.9 Å². The van der Waals surface area contributed by atoms with Gasteiger partial charge >= 0.3 is 0 Å². The number of carbonyl (C=O) groups is 2. The van der Waals surface area contributed by atoms with E-state index in [1.807, 2.05) is 24.3 Å². The van der Waals surface area contributed by atoms with E-state index in [1.54, 1.807) is 43.5 Å². The van der Waals surface area contributed by atoms with Gasteiger partial charge in [0.25, 0.3) is 0 Å². The average Bonchev–Trinajstić information content (AvgIpc) is 2.66. The Morgan fingerprint density at radius 1 is 1.23 bits per heavy atom. The maximum Gasteiger partial charge on any atom is 0.246 e. The molecule has 2 aromatic carbocycles. The Balaban J connectivity index is 1.94. The highest BCUT2D eigenvalue weighted by Crippen LogP contribution is 2.14. The summed E-state index contributed by atoms with van der Waals surface area (Å²) < 4.78 is 5.13. The van der Waals surface area contributed by atoms with E-state index >= 15 is 0 Å². The molecule has 6 heteroatoms. The second kappa shape index (κ2) is 9.04. The summed E-state index contributed by atoms with van der Waals surface area (Å²) in [5.74, 6) is 0.0124. The molecule has 0 aromatic heterocycles. The topological polar surface area (TPSA) is 82.4 Å². The summed E-state index contributed by atoms with van der Waals surface area (Å²) in [6.07, 6.45) is 3.05. The van der Waals surface area contributed by atoms with E-state index in [1.165, 1.54) is 18.0 Å². The standard InChI is InChI=1S/C20H19N3O3/c1-23(14-19(24)22-18-9-4-3-7-16(18)13-21)20(25)11-10-15-6-5-8-17(12-15)26-2/h3-12H,14H2,1-2H3,(H,22,24)/b11-10+. The van der Waals surface area contributed by atoms with Crippen molar-refractivity contribution in [2.24, 2.45) is 0 Å². The fourth-order valence-electron chi connectivity index (χ4n) is 2.21. The van der Waals surface area contributed by atoms with Crippen molar-refractivity contribution in [2.45, 2.75) is 0 Å². The lowest BCUT2D eigenvalue weighted by Gasteiger charge is -2.15. The van der Waals surface area contributed by atoms with Crippen molar-refractivity contribution in [3.05, 3.63) is 65.7 Å². The molecule has 0 radical (unpaired) electrons. The number of carbonyl (C=O) groups excluding carboxylic acids is 2. The van der Waals surface area contributed by atoms with E-state index < -0.39 is 0 Å². The Kier molecular flexibility index (Phi) is 6.52. The molecule has 0 aliphatic carbocycles. The SMILES string of the molecule is COc1cccc(/C=C/C(=O)N(C)CC(=O)Nc2ccccc2C#N)c1. The van der Waals surface area contributed by atoms with Crippen LogP contribution in [0.5, 0.6) is 5.75 Å². The number of nitriles is 1. The predicted octanol–water partition coefficient (Wildman–Crippen LogP) is 2.68. The average molecular weight is 349 g/mol. The molecule has 2 rings (SSSR count). The molecule has 1 N–H and O–H groups in total. The molecule has 0 saturated carbocycles. The molecule has 0 aliphatic heterocycles. The van der Waals surface area contributed by atoms with Crippen LogP contribution in [-0.2, 0) is 9.59 Å². The van der Waals surface area contributed by atoms with Gasteiger partial charge < -0.3 is 15.0 Å².